The summed E-state index contributed by atoms with van der Waals surface area (Å²) < 4.78 is 1.04. The predicted octanol–water partition coefficient (Wildman–Crippen LogP) is 2.70. The molecule has 0 spiro atoms. The van der Waals surface area contributed by atoms with Crippen molar-refractivity contribution in [3.05, 3.63) is 28.2 Å². The first-order chi connectivity index (χ1) is 8.19. The summed E-state index contributed by atoms with van der Waals surface area (Å²) in [4.78, 5) is 11.7. The molecule has 2 rings (SSSR count). The molecule has 1 fully saturated rings. The molecule has 0 unspecified atom stereocenters. The molecule has 1 aromatic carbocycles. The Balaban J connectivity index is 1.93. The fourth-order valence-corrected chi connectivity index (χ4v) is 2.10. The van der Waals surface area contributed by atoms with Gasteiger partial charge < -0.3 is 10.6 Å². The third-order valence-electron chi connectivity index (χ3n) is 2.85. The van der Waals surface area contributed by atoms with Gasteiger partial charge in [0.25, 0.3) is 0 Å². The fraction of sp³-hybridized carbons (Fsp3) is 0.462. The van der Waals surface area contributed by atoms with Gasteiger partial charge in [-0.05, 0) is 43.0 Å². The van der Waals surface area contributed by atoms with Crippen LogP contribution < -0.4 is 10.6 Å². The SMILES string of the molecule is CCc1cc(Br)ccc1NC(=O)CNC1CC1. The van der Waals surface area contributed by atoms with Crippen molar-refractivity contribution >= 4 is 27.5 Å². The second-order valence-electron chi connectivity index (χ2n) is 4.36. The zero-order valence-electron chi connectivity index (χ0n) is 9.92. The maximum Gasteiger partial charge on any atom is 0.238 e. The number of rotatable bonds is 5. The number of anilines is 1. The van der Waals surface area contributed by atoms with Gasteiger partial charge in [-0.25, -0.2) is 0 Å². The van der Waals surface area contributed by atoms with Gasteiger partial charge >= 0.3 is 0 Å². The molecule has 0 bridgehead atoms. The van der Waals surface area contributed by atoms with Crippen LogP contribution in [-0.4, -0.2) is 18.5 Å². The molecule has 0 aromatic heterocycles. The van der Waals surface area contributed by atoms with Crippen LogP contribution in [0.4, 0.5) is 5.69 Å². The van der Waals surface area contributed by atoms with E-state index < -0.39 is 0 Å². The van der Waals surface area contributed by atoms with Crippen molar-refractivity contribution in [2.75, 3.05) is 11.9 Å². The standard InChI is InChI=1S/C13H17BrN2O/c1-2-9-7-10(14)3-6-12(9)16-13(17)8-15-11-4-5-11/h3,6-7,11,15H,2,4-5,8H2,1H3,(H,16,17). The van der Waals surface area contributed by atoms with E-state index >= 15 is 0 Å². The maximum atomic E-state index is 11.7. The first kappa shape index (κ1) is 12.6. The first-order valence-electron chi connectivity index (χ1n) is 6.00. The Labute approximate surface area is 110 Å². The number of aryl methyl sites for hydroxylation is 1. The highest BCUT2D eigenvalue weighted by Gasteiger charge is 2.21. The first-order valence-corrected chi connectivity index (χ1v) is 6.80. The largest absolute Gasteiger partial charge is 0.325 e. The van der Waals surface area contributed by atoms with Crippen LogP contribution in [0.1, 0.15) is 25.3 Å². The summed E-state index contributed by atoms with van der Waals surface area (Å²) >= 11 is 3.44. The van der Waals surface area contributed by atoms with E-state index in [-0.39, 0.29) is 5.91 Å². The van der Waals surface area contributed by atoms with Gasteiger partial charge in [-0.3, -0.25) is 4.79 Å². The molecule has 1 aromatic rings. The Morgan fingerprint density at radius 2 is 2.24 bits per heavy atom. The van der Waals surface area contributed by atoms with Crippen LogP contribution in [0.15, 0.2) is 22.7 Å². The minimum absolute atomic E-state index is 0.0360. The van der Waals surface area contributed by atoms with Gasteiger partial charge in [-0.1, -0.05) is 22.9 Å². The average molecular weight is 297 g/mol. The van der Waals surface area contributed by atoms with E-state index in [0.29, 0.717) is 12.6 Å². The van der Waals surface area contributed by atoms with E-state index in [1.54, 1.807) is 0 Å². The van der Waals surface area contributed by atoms with Crippen LogP contribution in [0.2, 0.25) is 0 Å². The highest BCUT2D eigenvalue weighted by Crippen LogP contribution is 2.22. The third-order valence-corrected chi connectivity index (χ3v) is 3.34. The lowest BCUT2D eigenvalue weighted by Gasteiger charge is -2.10. The van der Waals surface area contributed by atoms with Gasteiger partial charge in [0.1, 0.15) is 0 Å². The molecule has 1 aliphatic rings. The van der Waals surface area contributed by atoms with Gasteiger partial charge in [-0.2, -0.15) is 0 Å². The van der Waals surface area contributed by atoms with E-state index in [1.807, 2.05) is 18.2 Å². The number of nitrogens with one attached hydrogen (secondary N) is 2. The number of carbonyl (C=O) groups excluding carboxylic acids is 1. The van der Waals surface area contributed by atoms with Crippen LogP contribution in [0.3, 0.4) is 0 Å². The summed E-state index contributed by atoms with van der Waals surface area (Å²) in [5.74, 6) is 0.0360. The molecule has 0 aliphatic heterocycles. The lowest BCUT2D eigenvalue weighted by Crippen LogP contribution is -2.29. The Morgan fingerprint density at radius 3 is 2.88 bits per heavy atom. The molecule has 0 saturated heterocycles. The van der Waals surface area contributed by atoms with Gasteiger partial charge in [0.05, 0.1) is 6.54 Å². The summed E-state index contributed by atoms with van der Waals surface area (Å²) in [7, 11) is 0. The zero-order chi connectivity index (χ0) is 12.3. The minimum Gasteiger partial charge on any atom is -0.325 e. The topological polar surface area (TPSA) is 41.1 Å². The second-order valence-corrected chi connectivity index (χ2v) is 5.27. The average Bonchev–Trinajstić information content (AvgIpc) is 3.12. The van der Waals surface area contributed by atoms with Crippen LogP contribution in [0.5, 0.6) is 0 Å². The Kier molecular flexibility index (Phi) is 4.18. The molecule has 0 radical (unpaired) electrons. The van der Waals surface area contributed by atoms with E-state index in [1.165, 1.54) is 12.8 Å². The highest BCUT2D eigenvalue weighted by atomic mass is 79.9. The number of hydrogen-bond donors (Lipinski definition) is 2. The van der Waals surface area contributed by atoms with E-state index in [4.69, 9.17) is 0 Å². The Morgan fingerprint density at radius 1 is 1.47 bits per heavy atom. The lowest BCUT2D eigenvalue weighted by atomic mass is 10.1. The summed E-state index contributed by atoms with van der Waals surface area (Å²) in [5.41, 5.74) is 2.07. The van der Waals surface area contributed by atoms with Gasteiger partial charge in [0.2, 0.25) is 5.91 Å². The van der Waals surface area contributed by atoms with Gasteiger partial charge in [0.15, 0.2) is 0 Å². The molecule has 3 nitrogen and oxygen atoms in total. The van der Waals surface area contributed by atoms with Gasteiger partial charge in [0, 0.05) is 16.2 Å². The second kappa shape index (κ2) is 5.65. The quantitative estimate of drug-likeness (QED) is 0.877. The number of carbonyl (C=O) groups is 1. The number of halogens is 1. The molecular formula is C13H17BrN2O. The highest BCUT2D eigenvalue weighted by molar-refractivity contribution is 9.10. The van der Waals surface area contributed by atoms with E-state index in [9.17, 15) is 4.79 Å². The van der Waals surface area contributed by atoms with Crippen LogP contribution in [0.25, 0.3) is 0 Å². The summed E-state index contributed by atoms with van der Waals surface area (Å²) in [6.07, 6.45) is 3.31. The maximum absolute atomic E-state index is 11.7. The molecule has 2 N–H and O–H groups in total. The van der Waals surface area contributed by atoms with Crippen molar-refractivity contribution in [3.8, 4) is 0 Å². The number of amides is 1. The van der Waals surface area contributed by atoms with Crippen LogP contribution in [0, 0.1) is 0 Å². The third kappa shape index (κ3) is 3.82. The smallest absolute Gasteiger partial charge is 0.238 e. The summed E-state index contributed by atoms with van der Waals surface area (Å²) in [6.45, 7) is 2.49. The van der Waals surface area contributed by atoms with E-state index in [2.05, 4.69) is 33.5 Å². The van der Waals surface area contributed by atoms with Crippen LogP contribution in [-0.2, 0) is 11.2 Å². The van der Waals surface area contributed by atoms with Crippen molar-refractivity contribution in [1.82, 2.24) is 5.32 Å². The monoisotopic (exact) mass is 296 g/mol. The lowest BCUT2D eigenvalue weighted by molar-refractivity contribution is -0.115. The normalized spacial score (nSPS) is 14.7. The zero-order valence-corrected chi connectivity index (χ0v) is 11.5. The van der Waals surface area contributed by atoms with Crippen molar-refractivity contribution < 1.29 is 4.79 Å². The fourth-order valence-electron chi connectivity index (χ4n) is 1.70. The minimum atomic E-state index is 0.0360. The molecular weight excluding hydrogens is 280 g/mol. The summed E-state index contributed by atoms with van der Waals surface area (Å²) in [5, 5.41) is 6.15. The summed E-state index contributed by atoms with van der Waals surface area (Å²) in [6, 6.07) is 6.50. The Hall–Kier alpha value is -0.870. The molecule has 0 atom stereocenters. The molecule has 1 saturated carbocycles. The molecule has 1 amide bonds. The molecule has 92 valence electrons. The van der Waals surface area contributed by atoms with Crippen molar-refractivity contribution in [3.63, 3.8) is 0 Å². The van der Waals surface area contributed by atoms with Crippen LogP contribution >= 0.6 is 15.9 Å². The van der Waals surface area contributed by atoms with Gasteiger partial charge in [-0.15, -0.1) is 0 Å². The predicted molar refractivity (Wildman–Crippen MR) is 73.2 cm³/mol. The number of benzene rings is 1. The van der Waals surface area contributed by atoms with E-state index in [0.717, 1.165) is 22.1 Å². The van der Waals surface area contributed by atoms with Crippen molar-refractivity contribution in [2.45, 2.75) is 32.2 Å². The van der Waals surface area contributed by atoms with Crippen molar-refractivity contribution in [2.24, 2.45) is 0 Å². The molecule has 17 heavy (non-hydrogen) atoms. The molecule has 4 heteroatoms. The molecule has 0 heterocycles. The van der Waals surface area contributed by atoms with Crippen molar-refractivity contribution in [1.29, 1.82) is 0 Å². The molecule has 1 aliphatic carbocycles. The number of hydrogen-bond acceptors (Lipinski definition) is 2. The Bertz CT molecular complexity index is 416.